The first kappa shape index (κ1) is 16.0. The third kappa shape index (κ3) is 2.92. The molecule has 0 aromatic heterocycles. The van der Waals surface area contributed by atoms with Gasteiger partial charge in [-0.15, -0.1) is 0 Å². The highest BCUT2D eigenvalue weighted by atomic mass is 79.9. The zero-order chi connectivity index (χ0) is 15.0. The minimum absolute atomic E-state index is 0.0678. The van der Waals surface area contributed by atoms with Gasteiger partial charge in [-0.2, -0.15) is 13.2 Å². The Morgan fingerprint density at radius 3 is 2.26 bits per heavy atom. The minimum Gasteiger partial charge on any atom is -0.465 e. The van der Waals surface area contributed by atoms with Gasteiger partial charge in [-0.1, -0.05) is 15.9 Å². The van der Waals surface area contributed by atoms with Gasteiger partial charge in [0.2, 0.25) is 0 Å². The number of hydrogen-bond acceptors (Lipinski definition) is 4. The van der Waals surface area contributed by atoms with Crippen LogP contribution < -0.4 is 0 Å². The highest BCUT2D eigenvalue weighted by Gasteiger charge is 2.48. The van der Waals surface area contributed by atoms with E-state index in [0.29, 0.717) is 6.07 Å². The van der Waals surface area contributed by atoms with Crippen LogP contribution in [0.2, 0.25) is 0 Å². The van der Waals surface area contributed by atoms with Crippen molar-refractivity contribution in [2.24, 2.45) is 0 Å². The van der Waals surface area contributed by atoms with Crippen LogP contribution in [-0.2, 0) is 14.6 Å². The number of ether oxygens (including phenoxy) is 1. The number of rotatable bonds is 2. The summed E-state index contributed by atoms with van der Waals surface area (Å²) in [5.74, 6) is -0.931. The molecule has 0 bridgehead atoms. The number of hydrogen-bond donors (Lipinski definition) is 0. The van der Waals surface area contributed by atoms with E-state index < -0.39 is 26.2 Å². The van der Waals surface area contributed by atoms with Crippen LogP contribution in [0.25, 0.3) is 0 Å². The summed E-state index contributed by atoms with van der Waals surface area (Å²) in [5.41, 5.74) is -5.86. The Bertz CT molecular complexity index is 622. The van der Waals surface area contributed by atoms with Crippen LogP contribution in [0.5, 0.6) is 0 Å². The molecular weight excluding hydrogens is 353 g/mol. The fourth-order valence-electron chi connectivity index (χ4n) is 1.29. The van der Waals surface area contributed by atoms with Crippen LogP contribution in [-0.4, -0.2) is 27.0 Å². The van der Waals surface area contributed by atoms with E-state index in [1.54, 1.807) is 0 Å². The van der Waals surface area contributed by atoms with Crippen molar-refractivity contribution in [2.75, 3.05) is 7.11 Å². The molecule has 0 aliphatic rings. The van der Waals surface area contributed by atoms with Gasteiger partial charge in [-0.25, -0.2) is 13.2 Å². The molecule has 0 saturated heterocycles. The molecule has 0 fully saturated rings. The highest BCUT2D eigenvalue weighted by molar-refractivity contribution is 9.10. The average molecular weight is 361 g/mol. The smallest absolute Gasteiger partial charge is 0.465 e. The fourth-order valence-corrected chi connectivity index (χ4v) is 2.93. The summed E-state index contributed by atoms with van der Waals surface area (Å²) in [7, 11) is -4.50. The molecule has 0 heterocycles. The molecule has 19 heavy (non-hydrogen) atoms. The van der Waals surface area contributed by atoms with Crippen molar-refractivity contribution in [1.82, 2.24) is 0 Å². The Morgan fingerprint density at radius 1 is 1.32 bits per heavy atom. The molecular formula is C10H8BrF3O4S. The molecule has 1 rings (SSSR count). The lowest BCUT2D eigenvalue weighted by Crippen LogP contribution is -2.24. The van der Waals surface area contributed by atoms with E-state index in [9.17, 15) is 26.4 Å². The fraction of sp³-hybridized carbons (Fsp3) is 0.300. The molecule has 0 amide bonds. The lowest BCUT2D eigenvalue weighted by molar-refractivity contribution is -0.0436. The Morgan fingerprint density at radius 2 is 1.84 bits per heavy atom. The number of sulfone groups is 1. The largest absolute Gasteiger partial charge is 0.501 e. The van der Waals surface area contributed by atoms with Crippen molar-refractivity contribution in [1.29, 1.82) is 0 Å². The maximum absolute atomic E-state index is 12.5. The summed E-state index contributed by atoms with van der Waals surface area (Å²) in [5, 5.41) is 0. The third-order valence-electron chi connectivity index (χ3n) is 2.31. The molecule has 0 saturated carbocycles. The standard InChI is InChI=1S/C10H8BrF3O4S/c1-5-7(11)3-6(9(15)18-2)4-8(5)19(16,17)10(12,13)14/h3-4H,1-2H3. The normalized spacial score (nSPS) is 12.3. The topological polar surface area (TPSA) is 60.4 Å². The van der Waals surface area contributed by atoms with Gasteiger partial charge < -0.3 is 4.74 Å². The Balaban J connectivity index is 3.62. The Hall–Kier alpha value is -1.09. The zero-order valence-corrected chi connectivity index (χ0v) is 12.1. The lowest BCUT2D eigenvalue weighted by atomic mass is 10.1. The van der Waals surface area contributed by atoms with Crippen LogP contribution in [0.15, 0.2) is 21.5 Å². The van der Waals surface area contributed by atoms with Crippen LogP contribution in [0.4, 0.5) is 13.2 Å². The van der Waals surface area contributed by atoms with Crippen LogP contribution in [0.1, 0.15) is 15.9 Å². The van der Waals surface area contributed by atoms with Crippen LogP contribution >= 0.6 is 15.9 Å². The highest BCUT2D eigenvalue weighted by Crippen LogP contribution is 2.35. The van der Waals surface area contributed by atoms with E-state index in [1.807, 2.05) is 0 Å². The summed E-state index contributed by atoms with van der Waals surface area (Å²) in [6.45, 7) is 1.20. The SMILES string of the molecule is COC(=O)c1cc(Br)c(C)c(S(=O)(=O)C(F)(F)F)c1. The van der Waals surface area contributed by atoms with Crippen LogP contribution in [0, 0.1) is 6.92 Å². The lowest BCUT2D eigenvalue weighted by Gasteiger charge is -2.13. The van der Waals surface area contributed by atoms with Gasteiger partial charge in [0.25, 0.3) is 9.84 Å². The molecule has 1 aromatic carbocycles. The van der Waals surface area contributed by atoms with Gasteiger partial charge >= 0.3 is 11.5 Å². The number of halogens is 4. The number of alkyl halides is 3. The van der Waals surface area contributed by atoms with Gasteiger partial charge in [0.1, 0.15) is 0 Å². The summed E-state index contributed by atoms with van der Waals surface area (Å²) in [6, 6.07) is 1.84. The quantitative estimate of drug-likeness (QED) is 0.761. The first-order valence-corrected chi connectivity index (χ1v) is 6.99. The van der Waals surface area contributed by atoms with E-state index in [2.05, 4.69) is 20.7 Å². The third-order valence-corrected chi connectivity index (χ3v) is 4.75. The van der Waals surface area contributed by atoms with Crippen molar-refractivity contribution < 1.29 is 31.1 Å². The second-order valence-corrected chi connectivity index (χ2v) is 6.29. The average Bonchev–Trinajstić information content (AvgIpc) is 2.29. The van der Waals surface area contributed by atoms with Crippen molar-refractivity contribution in [3.05, 3.63) is 27.7 Å². The maximum Gasteiger partial charge on any atom is 0.501 e. The summed E-state index contributed by atoms with van der Waals surface area (Å²) < 4.78 is 64.8. The molecule has 0 N–H and O–H groups in total. The predicted octanol–water partition coefficient (Wildman–Crippen LogP) is 2.84. The number of esters is 1. The van der Waals surface area contributed by atoms with Crippen molar-refractivity contribution >= 4 is 31.7 Å². The minimum atomic E-state index is -5.53. The molecule has 9 heteroatoms. The monoisotopic (exact) mass is 360 g/mol. The molecule has 0 spiro atoms. The van der Waals surface area contributed by atoms with Gasteiger partial charge in [-0.3, -0.25) is 0 Å². The summed E-state index contributed by atoms with van der Waals surface area (Å²) >= 11 is 2.91. The molecule has 1 aromatic rings. The Kier molecular flexibility index (Phi) is 4.30. The molecule has 4 nitrogen and oxygen atoms in total. The van der Waals surface area contributed by atoms with Crippen molar-refractivity contribution in [3.63, 3.8) is 0 Å². The van der Waals surface area contributed by atoms with Crippen molar-refractivity contribution in [2.45, 2.75) is 17.3 Å². The van der Waals surface area contributed by atoms with Gasteiger partial charge in [0.05, 0.1) is 17.6 Å². The maximum atomic E-state index is 12.5. The predicted molar refractivity (Wildman–Crippen MR) is 63.5 cm³/mol. The molecule has 0 atom stereocenters. The molecule has 0 aliphatic carbocycles. The van der Waals surface area contributed by atoms with E-state index in [0.717, 1.165) is 7.11 Å². The number of methoxy groups -OCH3 is 1. The summed E-state index contributed by atoms with van der Waals surface area (Å²) in [4.78, 5) is 10.3. The molecule has 0 aliphatic heterocycles. The first-order valence-electron chi connectivity index (χ1n) is 4.72. The zero-order valence-electron chi connectivity index (χ0n) is 9.71. The second kappa shape index (κ2) is 5.12. The number of benzene rings is 1. The Labute approximate surface area is 115 Å². The van der Waals surface area contributed by atoms with E-state index in [1.165, 1.54) is 13.0 Å². The van der Waals surface area contributed by atoms with Crippen molar-refractivity contribution in [3.8, 4) is 0 Å². The van der Waals surface area contributed by atoms with Crippen LogP contribution in [0.3, 0.4) is 0 Å². The van der Waals surface area contributed by atoms with E-state index in [-0.39, 0.29) is 15.6 Å². The molecule has 0 unspecified atom stereocenters. The number of carbonyl (C=O) groups is 1. The van der Waals surface area contributed by atoms with E-state index in [4.69, 9.17) is 0 Å². The summed E-state index contributed by atoms with van der Waals surface area (Å²) in [6.07, 6.45) is 0. The van der Waals surface area contributed by atoms with E-state index >= 15 is 0 Å². The molecule has 0 radical (unpaired) electrons. The first-order chi connectivity index (χ1) is 8.52. The molecule has 106 valence electrons. The van der Waals surface area contributed by atoms with Gasteiger partial charge in [0.15, 0.2) is 0 Å². The number of carbonyl (C=O) groups excluding carboxylic acids is 1. The van der Waals surface area contributed by atoms with Gasteiger partial charge in [0, 0.05) is 4.47 Å². The van der Waals surface area contributed by atoms with Gasteiger partial charge in [-0.05, 0) is 24.6 Å². The second-order valence-electron chi connectivity index (χ2n) is 3.52.